The first kappa shape index (κ1) is 19.6. The Hall–Kier alpha value is -2.74. The summed E-state index contributed by atoms with van der Waals surface area (Å²) in [6, 6.07) is 14.9. The van der Waals surface area contributed by atoms with E-state index < -0.39 is 0 Å². The maximum absolute atomic E-state index is 5.57. The van der Waals surface area contributed by atoms with Crippen molar-refractivity contribution in [2.24, 2.45) is 0 Å². The van der Waals surface area contributed by atoms with E-state index in [0.29, 0.717) is 0 Å². The Morgan fingerprint density at radius 1 is 1.00 bits per heavy atom. The molecule has 4 rings (SSSR count). The molecule has 0 spiro atoms. The second-order valence-electron chi connectivity index (χ2n) is 7.33. The lowest BCUT2D eigenvalue weighted by Crippen LogP contribution is -2.27. The highest BCUT2D eigenvalue weighted by atomic mass is 32.1. The third-order valence-corrected chi connectivity index (χ3v) is 6.39. The van der Waals surface area contributed by atoms with E-state index in [0.717, 1.165) is 30.0 Å². The molecule has 1 aliphatic heterocycles. The van der Waals surface area contributed by atoms with Crippen LogP contribution >= 0.6 is 11.3 Å². The number of fused-ring (bicyclic) bond motifs is 3. The number of nitrogens with zero attached hydrogens (tertiary/aromatic N) is 1. The first-order valence-corrected chi connectivity index (χ1v) is 10.6. The Labute approximate surface area is 176 Å². The van der Waals surface area contributed by atoms with Crippen molar-refractivity contribution in [2.45, 2.75) is 19.4 Å². The van der Waals surface area contributed by atoms with E-state index in [1.807, 2.05) is 0 Å². The monoisotopic (exact) mass is 403 g/mol. The SMILES string of the molecule is COc1cc2c(cc1OC)-c1ccsc1C(C#Cc1ccc(C)cc1)N(C)CC2. The fourth-order valence-corrected chi connectivity index (χ4v) is 4.75. The molecule has 4 heteroatoms. The smallest absolute Gasteiger partial charge is 0.161 e. The van der Waals surface area contributed by atoms with Gasteiger partial charge in [0.15, 0.2) is 11.5 Å². The van der Waals surface area contributed by atoms with Crippen LogP contribution in [0.3, 0.4) is 0 Å². The van der Waals surface area contributed by atoms with E-state index in [4.69, 9.17) is 9.47 Å². The van der Waals surface area contributed by atoms with Gasteiger partial charge in [-0.15, -0.1) is 11.3 Å². The molecule has 0 saturated carbocycles. The summed E-state index contributed by atoms with van der Waals surface area (Å²) in [7, 11) is 5.53. The van der Waals surface area contributed by atoms with Crippen LogP contribution < -0.4 is 9.47 Å². The average Bonchev–Trinajstić information content (AvgIpc) is 3.21. The highest BCUT2D eigenvalue weighted by molar-refractivity contribution is 7.10. The Morgan fingerprint density at radius 3 is 2.45 bits per heavy atom. The maximum atomic E-state index is 5.57. The molecule has 3 nitrogen and oxygen atoms in total. The van der Waals surface area contributed by atoms with Crippen LogP contribution in [-0.2, 0) is 6.42 Å². The molecule has 3 aromatic rings. The number of aryl methyl sites for hydroxylation is 1. The van der Waals surface area contributed by atoms with E-state index in [2.05, 4.69) is 78.6 Å². The highest BCUT2D eigenvalue weighted by Crippen LogP contribution is 2.42. The zero-order chi connectivity index (χ0) is 20.4. The van der Waals surface area contributed by atoms with Gasteiger partial charge in [-0.3, -0.25) is 4.90 Å². The summed E-state index contributed by atoms with van der Waals surface area (Å²) in [5.74, 6) is 8.46. The van der Waals surface area contributed by atoms with Crippen molar-refractivity contribution in [2.75, 3.05) is 27.8 Å². The normalized spacial score (nSPS) is 15.9. The average molecular weight is 404 g/mol. The van der Waals surface area contributed by atoms with Crippen molar-refractivity contribution in [3.8, 4) is 34.5 Å². The van der Waals surface area contributed by atoms with Gasteiger partial charge in [-0.25, -0.2) is 0 Å². The Kier molecular flexibility index (Phi) is 5.62. The molecule has 1 atom stereocenters. The second kappa shape index (κ2) is 8.32. The number of rotatable bonds is 2. The standard InChI is InChI=1S/C25H25NO2S/c1-17-5-7-18(8-6-17)9-10-22-25-20(12-14-29-25)21-16-24(28-4)23(27-3)15-19(21)11-13-26(22)2/h5-8,12,14-16,22H,11,13H2,1-4H3. The second-order valence-corrected chi connectivity index (χ2v) is 8.28. The van der Waals surface area contributed by atoms with Gasteiger partial charge in [0.25, 0.3) is 0 Å². The van der Waals surface area contributed by atoms with Crippen molar-refractivity contribution in [1.82, 2.24) is 4.90 Å². The summed E-state index contributed by atoms with van der Waals surface area (Å²) >= 11 is 1.77. The Bertz CT molecular complexity index is 1070. The van der Waals surface area contributed by atoms with E-state index >= 15 is 0 Å². The third-order valence-electron chi connectivity index (χ3n) is 5.42. The molecule has 0 radical (unpaired) electrons. The summed E-state index contributed by atoms with van der Waals surface area (Å²) in [4.78, 5) is 3.62. The summed E-state index contributed by atoms with van der Waals surface area (Å²) in [5.41, 5.74) is 6.03. The predicted molar refractivity (Wildman–Crippen MR) is 120 cm³/mol. The molecule has 1 aliphatic rings. The maximum Gasteiger partial charge on any atom is 0.161 e. The Morgan fingerprint density at radius 2 is 1.72 bits per heavy atom. The van der Waals surface area contributed by atoms with Crippen LogP contribution in [0.4, 0.5) is 0 Å². The molecule has 29 heavy (non-hydrogen) atoms. The van der Waals surface area contributed by atoms with Gasteiger partial charge in [-0.1, -0.05) is 29.5 Å². The van der Waals surface area contributed by atoms with Gasteiger partial charge in [0, 0.05) is 17.0 Å². The lowest BCUT2D eigenvalue weighted by molar-refractivity contribution is 0.299. The van der Waals surface area contributed by atoms with Crippen molar-refractivity contribution in [1.29, 1.82) is 0 Å². The summed E-state index contributed by atoms with van der Waals surface area (Å²) in [6.45, 7) is 3.02. The molecule has 2 aromatic carbocycles. The summed E-state index contributed by atoms with van der Waals surface area (Å²) < 4.78 is 11.1. The zero-order valence-electron chi connectivity index (χ0n) is 17.3. The molecule has 0 fully saturated rings. The predicted octanol–water partition coefficient (Wildman–Crippen LogP) is 5.32. The molecular formula is C25H25NO2S. The number of hydrogen-bond donors (Lipinski definition) is 0. The van der Waals surface area contributed by atoms with E-state index in [1.165, 1.54) is 27.1 Å². The number of ether oxygens (including phenoxy) is 2. The van der Waals surface area contributed by atoms with Crippen molar-refractivity contribution >= 4 is 11.3 Å². The fourth-order valence-electron chi connectivity index (χ4n) is 3.72. The van der Waals surface area contributed by atoms with Crippen LogP contribution in [0.15, 0.2) is 47.8 Å². The lowest BCUT2D eigenvalue weighted by Gasteiger charge is -2.28. The molecule has 0 saturated heterocycles. The molecule has 0 N–H and O–H groups in total. The van der Waals surface area contributed by atoms with Crippen LogP contribution in [0.25, 0.3) is 11.1 Å². The van der Waals surface area contributed by atoms with Crippen molar-refractivity contribution in [3.05, 3.63) is 69.4 Å². The third kappa shape index (κ3) is 3.89. The van der Waals surface area contributed by atoms with Crippen LogP contribution in [0.2, 0.25) is 0 Å². The molecule has 0 bridgehead atoms. The van der Waals surface area contributed by atoms with E-state index in [1.54, 1.807) is 25.6 Å². The molecule has 0 amide bonds. The largest absolute Gasteiger partial charge is 0.493 e. The topological polar surface area (TPSA) is 21.7 Å². The quantitative estimate of drug-likeness (QED) is 0.541. The summed E-state index contributed by atoms with van der Waals surface area (Å²) in [5, 5.41) is 2.16. The molecule has 0 aliphatic carbocycles. The number of hydrogen-bond acceptors (Lipinski definition) is 4. The minimum Gasteiger partial charge on any atom is -0.493 e. The Balaban J connectivity index is 1.80. The van der Waals surface area contributed by atoms with Gasteiger partial charge in [-0.2, -0.15) is 0 Å². The van der Waals surface area contributed by atoms with Crippen molar-refractivity contribution < 1.29 is 9.47 Å². The van der Waals surface area contributed by atoms with Gasteiger partial charge >= 0.3 is 0 Å². The first-order chi connectivity index (χ1) is 14.1. The van der Waals surface area contributed by atoms with E-state index in [-0.39, 0.29) is 6.04 Å². The number of methoxy groups -OCH3 is 2. The lowest BCUT2D eigenvalue weighted by atomic mass is 9.93. The number of benzene rings is 2. The minimum atomic E-state index is 0.0625. The first-order valence-electron chi connectivity index (χ1n) is 9.72. The molecule has 2 heterocycles. The molecular weight excluding hydrogens is 378 g/mol. The zero-order valence-corrected chi connectivity index (χ0v) is 18.1. The van der Waals surface area contributed by atoms with Crippen LogP contribution in [0, 0.1) is 18.8 Å². The van der Waals surface area contributed by atoms with Crippen LogP contribution in [0.1, 0.15) is 27.6 Å². The van der Waals surface area contributed by atoms with E-state index in [9.17, 15) is 0 Å². The van der Waals surface area contributed by atoms with Gasteiger partial charge in [0.2, 0.25) is 0 Å². The van der Waals surface area contributed by atoms with Gasteiger partial charge < -0.3 is 9.47 Å². The summed E-state index contributed by atoms with van der Waals surface area (Å²) in [6.07, 6.45) is 0.935. The van der Waals surface area contributed by atoms with Gasteiger partial charge in [-0.05, 0) is 72.8 Å². The van der Waals surface area contributed by atoms with Gasteiger partial charge in [0.1, 0.15) is 6.04 Å². The number of likely N-dealkylation sites (N-methyl/N-ethyl adjacent to an activating group) is 1. The van der Waals surface area contributed by atoms with Crippen molar-refractivity contribution in [3.63, 3.8) is 0 Å². The van der Waals surface area contributed by atoms with Gasteiger partial charge in [0.05, 0.1) is 14.2 Å². The molecule has 1 aromatic heterocycles. The van der Waals surface area contributed by atoms with Crippen LogP contribution in [-0.4, -0.2) is 32.7 Å². The minimum absolute atomic E-state index is 0.0625. The molecule has 148 valence electrons. The highest BCUT2D eigenvalue weighted by Gasteiger charge is 2.25. The van der Waals surface area contributed by atoms with Crippen LogP contribution in [0.5, 0.6) is 11.5 Å². The molecule has 1 unspecified atom stereocenters. The number of thiophene rings is 1. The fraction of sp³-hybridized carbons (Fsp3) is 0.280.